The highest BCUT2D eigenvalue weighted by molar-refractivity contribution is 5.21. The Bertz CT molecular complexity index is 242. The lowest BCUT2D eigenvalue weighted by Crippen LogP contribution is -2.23. The van der Waals surface area contributed by atoms with Gasteiger partial charge in [0.2, 0.25) is 0 Å². The molecule has 0 radical (unpaired) electrons. The van der Waals surface area contributed by atoms with Crippen LogP contribution in [0.5, 0.6) is 0 Å². The van der Waals surface area contributed by atoms with E-state index < -0.39 is 6.10 Å². The Morgan fingerprint density at radius 1 is 1.67 bits per heavy atom. The van der Waals surface area contributed by atoms with Gasteiger partial charge in [0.15, 0.2) is 0 Å². The van der Waals surface area contributed by atoms with Crippen LogP contribution < -0.4 is 5.73 Å². The average molecular weight is 169 g/mol. The van der Waals surface area contributed by atoms with E-state index in [1.54, 1.807) is 13.2 Å². The summed E-state index contributed by atoms with van der Waals surface area (Å²) >= 11 is 0. The maximum atomic E-state index is 9.25. The van der Waals surface area contributed by atoms with Gasteiger partial charge >= 0.3 is 0 Å². The van der Waals surface area contributed by atoms with E-state index in [0.717, 1.165) is 17.7 Å². The topological polar surface area (TPSA) is 59.4 Å². The van der Waals surface area contributed by atoms with Gasteiger partial charge in [0.1, 0.15) is 5.76 Å². The Hall–Kier alpha value is -0.800. The molecule has 0 aromatic carbocycles. The fraction of sp³-hybridized carbons (Fsp3) is 0.556. The molecule has 0 saturated heterocycles. The molecule has 3 heteroatoms. The van der Waals surface area contributed by atoms with Crippen molar-refractivity contribution in [3.8, 4) is 0 Å². The van der Waals surface area contributed by atoms with Gasteiger partial charge in [-0.05, 0) is 13.0 Å². The lowest BCUT2D eigenvalue weighted by molar-refractivity contribution is 0.163. The fourth-order valence-electron chi connectivity index (χ4n) is 1.19. The van der Waals surface area contributed by atoms with Crippen LogP contribution >= 0.6 is 0 Å². The van der Waals surface area contributed by atoms with Gasteiger partial charge in [-0.3, -0.25) is 0 Å². The molecular weight excluding hydrogens is 154 g/mol. The first-order chi connectivity index (χ1) is 5.66. The number of rotatable bonds is 3. The Kier molecular flexibility index (Phi) is 2.89. The standard InChI is InChI=1S/C9H15NO2/c1-3-8-7(4-5-12-8)9(10)6(2)11/h4-6,9,11H,3,10H2,1-2H3. The van der Waals surface area contributed by atoms with Crippen LogP contribution in [0.2, 0.25) is 0 Å². The molecule has 0 amide bonds. The number of hydrogen-bond acceptors (Lipinski definition) is 3. The smallest absolute Gasteiger partial charge is 0.108 e. The van der Waals surface area contributed by atoms with Crippen LogP contribution in [-0.4, -0.2) is 11.2 Å². The second-order valence-electron chi connectivity index (χ2n) is 2.92. The van der Waals surface area contributed by atoms with Crippen LogP contribution in [0, 0.1) is 0 Å². The van der Waals surface area contributed by atoms with Crippen molar-refractivity contribution in [1.29, 1.82) is 0 Å². The van der Waals surface area contributed by atoms with Gasteiger partial charge in [-0.15, -0.1) is 0 Å². The van der Waals surface area contributed by atoms with Crippen molar-refractivity contribution < 1.29 is 9.52 Å². The van der Waals surface area contributed by atoms with E-state index >= 15 is 0 Å². The largest absolute Gasteiger partial charge is 0.469 e. The Balaban J connectivity index is 2.86. The molecule has 1 aromatic heterocycles. The van der Waals surface area contributed by atoms with Crippen LogP contribution in [-0.2, 0) is 6.42 Å². The van der Waals surface area contributed by atoms with Crippen molar-refractivity contribution in [1.82, 2.24) is 0 Å². The number of nitrogens with two attached hydrogens (primary N) is 1. The van der Waals surface area contributed by atoms with Crippen LogP contribution in [0.25, 0.3) is 0 Å². The molecular formula is C9H15NO2. The second kappa shape index (κ2) is 3.74. The van der Waals surface area contributed by atoms with Crippen molar-refractivity contribution in [3.63, 3.8) is 0 Å². The van der Waals surface area contributed by atoms with Crippen LogP contribution in [0.15, 0.2) is 16.7 Å². The average Bonchev–Trinajstić information content (AvgIpc) is 2.49. The fourth-order valence-corrected chi connectivity index (χ4v) is 1.19. The number of furan rings is 1. The molecule has 68 valence electrons. The second-order valence-corrected chi connectivity index (χ2v) is 2.92. The summed E-state index contributed by atoms with van der Waals surface area (Å²) in [5.74, 6) is 0.864. The zero-order valence-electron chi connectivity index (χ0n) is 7.45. The van der Waals surface area contributed by atoms with Gasteiger partial charge in [0, 0.05) is 12.0 Å². The zero-order chi connectivity index (χ0) is 9.14. The van der Waals surface area contributed by atoms with E-state index in [-0.39, 0.29) is 6.04 Å². The molecule has 0 spiro atoms. The maximum absolute atomic E-state index is 9.25. The summed E-state index contributed by atoms with van der Waals surface area (Å²) in [4.78, 5) is 0. The molecule has 3 nitrogen and oxygen atoms in total. The quantitative estimate of drug-likeness (QED) is 0.715. The molecule has 0 aliphatic heterocycles. The number of aryl methyl sites for hydroxylation is 1. The third kappa shape index (κ3) is 1.68. The summed E-state index contributed by atoms with van der Waals surface area (Å²) in [7, 11) is 0. The number of aliphatic hydroxyl groups excluding tert-OH is 1. The Labute approximate surface area is 72.2 Å². The first-order valence-corrected chi connectivity index (χ1v) is 4.16. The minimum atomic E-state index is -0.534. The molecule has 0 fully saturated rings. The van der Waals surface area contributed by atoms with Crippen LogP contribution in [0.3, 0.4) is 0 Å². The van der Waals surface area contributed by atoms with E-state index in [1.807, 2.05) is 13.0 Å². The molecule has 1 rings (SSSR count). The van der Waals surface area contributed by atoms with E-state index in [0.29, 0.717) is 0 Å². The van der Waals surface area contributed by atoms with Crippen molar-refractivity contribution in [2.45, 2.75) is 32.4 Å². The van der Waals surface area contributed by atoms with Crippen molar-refractivity contribution in [2.75, 3.05) is 0 Å². The number of hydrogen-bond donors (Lipinski definition) is 2. The summed E-state index contributed by atoms with van der Waals surface area (Å²) in [6, 6.07) is 1.48. The van der Waals surface area contributed by atoms with Gasteiger partial charge in [-0.1, -0.05) is 6.92 Å². The Morgan fingerprint density at radius 2 is 2.33 bits per heavy atom. The molecule has 0 saturated carbocycles. The zero-order valence-corrected chi connectivity index (χ0v) is 7.45. The predicted octanol–water partition coefficient (Wildman–Crippen LogP) is 1.22. The van der Waals surface area contributed by atoms with E-state index in [9.17, 15) is 5.11 Å². The van der Waals surface area contributed by atoms with E-state index in [1.165, 1.54) is 0 Å². The summed E-state index contributed by atoms with van der Waals surface area (Å²) in [6.45, 7) is 3.67. The first-order valence-electron chi connectivity index (χ1n) is 4.16. The molecule has 12 heavy (non-hydrogen) atoms. The van der Waals surface area contributed by atoms with E-state index in [2.05, 4.69) is 0 Å². The highest BCUT2D eigenvalue weighted by Gasteiger charge is 2.16. The molecule has 2 unspecified atom stereocenters. The summed E-state index contributed by atoms with van der Waals surface area (Å²) in [6.07, 6.45) is 1.88. The van der Waals surface area contributed by atoms with Gasteiger partial charge < -0.3 is 15.3 Å². The van der Waals surface area contributed by atoms with E-state index in [4.69, 9.17) is 10.2 Å². The van der Waals surface area contributed by atoms with Gasteiger partial charge in [-0.25, -0.2) is 0 Å². The molecule has 0 aliphatic carbocycles. The number of aliphatic hydroxyl groups is 1. The third-order valence-corrected chi connectivity index (χ3v) is 1.98. The van der Waals surface area contributed by atoms with Crippen LogP contribution in [0.1, 0.15) is 31.2 Å². The molecule has 1 aromatic rings. The normalized spacial score (nSPS) is 16.0. The maximum Gasteiger partial charge on any atom is 0.108 e. The van der Waals surface area contributed by atoms with Gasteiger partial charge in [0.25, 0.3) is 0 Å². The first kappa shape index (κ1) is 9.29. The van der Waals surface area contributed by atoms with Gasteiger partial charge in [0.05, 0.1) is 18.4 Å². The summed E-state index contributed by atoms with van der Waals surface area (Å²) in [5, 5.41) is 9.25. The third-order valence-electron chi connectivity index (χ3n) is 1.98. The van der Waals surface area contributed by atoms with Crippen molar-refractivity contribution >= 4 is 0 Å². The summed E-state index contributed by atoms with van der Waals surface area (Å²) < 4.78 is 5.19. The molecule has 0 bridgehead atoms. The van der Waals surface area contributed by atoms with Gasteiger partial charge in [-0.2, -0.15) is 0 Å². The van der Waals surface area contributed by atoms with Crippen molar-refractivity contribution in [3.05, 3.63) is 23.7 Å². The predicted molar refractivity (Wildman–Crippen MR) is 46.7 cm³/mol. The molecule has 1 heterocycles. The Morgan fingerprint density at radius 3 is 2.83 bits per heavy atom. The molecule has 3 N–H and O–H groups in total. The minimum absolute atomic E-state index is 0.335. The SMILES string of the molecule is CCc1occc1C(N)C(C)O. The monoisotopic (exact) mass is 169 g/mol. The lowest BCUT2D eigenvalue weighted by Gasteiger charge is -2.13. The molecule has 0 aliphatic rings. The summed E-state index contributed by atoms with van der Waals surface area (Å²) in [5.41, 5.74) is 6.66. The minimum Gasteiger partial charge on any atom is -0.469 e. The highest BCUT2D eigenvalue weighted by Crippen LogP contribution is 2.20. The molecule has 2 atom stereocenters. The van der Waals surface area contributed by atoms with Crippen LogP contribution in [0.4, 0.5) is 0 Å². The highest BCUT2D eigenvalue weighted by atomic mass is 16.3. The van der Waals surface area contributed by atoms with Crippen molar-refractivity contribution in [2.24, 2.45) is 5.73 Å². The lowest BCUT2D eigenvalue weighted by atomic mass is 10.0.